The number of rotatable bonds is 3. The quantitative estimate of drug-likeness (QED) is 0.698. The van der Waals surface area contributed by atoms with Crippen molar-refractivity contribution in [3.63, 3.8) is 0 Å². The second-order valence-electron chi connectivity index (χ2n) is 3.67. The van der Waals surface area contributed by atoms with E-state index in [1.807, 2.05) is 12.3 Å². The van der Waals surface area contributed by atoms with Gasteiger partial charge in [-0.2, -0.15) is 0 Å². The number of halogens is 3. The molecule has 2 aromatic rings. The van der Waals surface area contributed by atoms with Crippen LogP contribution in [0.15, 0.2) is 29.3 Å². The lowest BCUT2D eigenvalue weighted by molar-refractivity contribution is 0.415. The van der Waals surface area contributed by atoms with Crippen molar-refractivity contribution in [2.24, 2.45) is 0 Å². The Kier molecular flexibility index (Phi) is 4.85. The van der Waals surface area contributed by atoms with Crippen molar-refractivity contribution >= 4 is 46.6 Å². The zero-order valence-corrected chi connectivity index (χ0v) is 13.3. The highest BCUT2D eigenvalue weighted by atomic mass is 35.5. The number of methoxy groups -OCH3 is 1. The van der Waals surface area contributed by atoms with Crippen LogP contribution in [0.5, 0.6) is 5.75 Å². The molecule has 0 aliphatic heterocycles. The van der Waals surface area contributed by atoms with Crippen molar-refractivity contribution in [2.45, 2.75) is 4.90 Å². The fourth-order valence-corrected chi connectivity index (χ4v) is 2.87. The molecule has 0 amide bonds. The third-order valence-corrected chi connectivity index (χ3v) is 4.14. The van der Waals surface area contributed by atoms with Gasteiger partial charge in [0.15, 0.2) is 0 Å². The SMILES string of the molecule is COc1cc(-c2ncc(SC)cc2Cl)c(Cl)cc1Cl. The summed E-state index contributed by atoms with van der Waals surface area (Å²) in [6, 6.07) is 5.21. The molecule has 1 heterocycles. The van der Waals surface area contributed by atoms with Gasteiger partial charge in [0.05, 0.1) is 27.9 Å². The molecule has 0 bridgehead atoms. The molecule has 0 N–H and O–H groups in total. The van der Waals surface area contributed by atoms with Crippen LogP contribution in [-0.4, -0.2) is 18.3 Å². The molecule has 0 atom stereocenters. The summed E-state index contributed by atoms with van der Waals surface area (Å²) in [5, 5.41) is 1.48. The Labute approximate surface area is 131 Å². The second-order valence-corrected chi connectivity index (χ2v) is 5.77. The average Bonchev–Trinajstić information content (AvgIpc) is 2.39. The van der Waals surface area contributed by atoms with Gasteiger partial charge in [-0.05, 0) is 24.5 Å². The monoisotopic (exact) mass is 333 g/mol. The maximum Gasteiger partial charge on any atom is 0.138 e. The van der Waals surface area contributed by atoms with Crippen LogP contribution >= 0.6 is 46.6 Å². The molecule has 0 aliphatic rings. The third-order valence-electron chi connectivity index (χ3n) is 2.55. The summed E-state index contributed by atoms with van der Waals surface area (Å²) in [6.45, 7) is 0. The Hall–Kier alpha value is -0.610. The standard InChI is InChI=1S/C13H10Cl3NOS/c1-18-12-4-8(9(14)5-10(12)15)13-11(16)3-7(19-2)6-17-13/h3-6H,1-2H3. The number of ether oxygens (including phenoxy) is 1. The van der Waals surface area contributed by atoms with Crippen LogP contribution in [0.1, 0.15) is 0 Å². The molecule has 6 heteroatoms. The lowest BCUT2D eigenvalue weighted by Gasteiger charge is -2.10. The molecule has 2 nitrogen and oxygen atoms in total. The minimum Gasteiger partial charge on any atom is -0.495 e. The van der Waals surface area contributed by atoms with E-state index in [2.05, 4.69) is 4.98 Å². The number of benzene rings is 1. The number of hydrogen-bond donors (Lipinski definition) is 0. The van der Waals surface area contributed by atoms with E-state index >= 15 is 0 Å². The maximum absolute atomic E-state index is 6.24. The summed E-state index contributed by atoms with van der Waals surface area (Å²) in [5.74, 6) is 0.535. The first-order chi connectivity index (χ1) is 9.06. The molecular formula is C13H10Cl3NOS. The van der Waals surface area contributed by atoms with Crippen LogP contribution in [0.25, 0.3) is 11.3 Å². The molecule has 0 saturated carbocycles. The van der Waals surface area contributed by atoms with Crippen molar-refractivity contribution in [3.05, 3.63) is 39.5 Å². The zero-order chi connectivity index (χ0) is 14.0. The Morgan fingerprint density at radius 2 is 1.79 bits per heavy atom. The first-order valence-electron chi connectivity index (χ1n) is 5.29. The highest BCUT2D eigenvalue weighted by Gasteiger charge is 2.14. The molecule has 1 aromatic carbocycles. The van der Waals surface area contributed by atoms with Gasteiger partial charge >= 0.3 is 0 Å². The lowest BCUT2D eigenvalue weighted by Crippen LogP contribution is -1.90. The minimum absolute atomic E-state index is 0.452. The molecule has 0 fully saturated rings. The van der Waals surface area contributed by atoms with E-state index in [-0.39, 0.29) is 0 Å². The fourth-order valence-electron chi connectivity index (χ4n) is 1.60. The molecule has 19 heavy (non-hydrogen) atoms. The lowest BCUT2D eigenvalue weighted by atomic mass is 10.1. The van der Waals surface area contributed by atoms with E-state index in [9.17, 15) is 0 Å². The van der Waals surface area contributed by atoms with Crippen LogP contribution in [-0.2, 0) is 0 Å². The van der Waals surface area contributed by atoms with Gasteiger partial charge in [0.25, 0.3) is 0 Å². The number of thioether (sulfide) groups is 1. The summed E-state index contributed by atoms with van der Waals surface area (Å²) in [6.07, 6.45) is 3.72. The van der Waals surface area contributed by atoms with E-state index in [0.29, 0.717) is 32.1 Å². The predicted octanol–water partition coefficient (Wildman–Crippen LogP) is 5.44. The Morgan fingerprint density at radius 1 is 1.05 bits per heavy atom. The van der Waals surface area contributed by atoms with Crippen molar-refractivity contribution in [2.75, 3.05) is 13.4 Å². The summed E-state index contributed by atoms with van der Waals surface area (Å²) in [4.78, 5) is 5.34. The number of hydrogen-bond acceptors (Lipinski definition) is 3. The highest BCUT2D eigenvalue weighted by molar-refractivity contribution is 7.98. The van der Waals surface area contributed by atoms with E-state index < -0.39 is 0 Å². The van der Waals surface area contributed by atoms with Crippen LogP contribution in [0.2, 0.25) is 15.1 Å². The van der Waals surface area contributed by atoms with Gasteiger partial charge in [-0.3, -0.25) is 4.98 Å². The minimum atomic E-state index is 0.452. The first kappa shape index (κ1) is 14.8. The largest absolute Gasteiger partial charge is 0.495 e. The summed E-state index contributed by atoms with van der Waals surface area (Å²) in [7, 11) is 1.55. The van der Waals surface area contributed by atoms with E-state index in [1.165, 1.54) is 0 Å². The van der Waals surface area contributed by atoms with Gasteiger partial charge in [-0.15, -0.1) is 11.8 Å². The average molecular weight is 335 g/mol. The van der Waals surface area contributed by atoms with Crippen LogP contribution < -0.4 is 4.74 Å². The molecule has 0 aliphatic carbocycles. The van der Waals surface area contributed by atoms with Crippen LogP contribution in [0.3, 0.4) is 0 Å². The van der Waals surface area contributed by atoms with Gasteiger partial charge in [0.1, 0.15) is 5.75 Å². The normalized spacial score (nSPS) is 10.6. The van der Waals surface area contributed by atoms with Gasteiger partial charge in [-0.1, -0.05) is 34.8 Å². The highest BCUT2D eigenvalue weighted by Crippen LogP contribution is 2.39. The maximum atomic E-state index is 6.24. The summed E-state index contributed by atoms with van der Waals surface area (Å²) < 4.78 is 5.18. The molecular weight excluding hydrogens is 325 g/mol. The molecule has 0 unspecified atom stereocenters. The summed E-state index contributed by atoms with van der Waals surface area (Å²) >= 11 is 20.0. The topological polar surface area (TPSA) is 22.1 Å². The number of pyridine rings is 1. The number of nitrogens with zero attached hydrogens (tertiary/aromatic N) is 1. The van der Waals surface area contributed by atoms with Gasteiger partial charge in [0, 0.05) is 16.7 Å². The van der Waals surface area contributed by atoms with E-state index in [4.69, 9.17) is 39.5 Å². The fraction of sp³-hybridized carbons (Fsp3) is 0.154. The van der Waals surface area contributed by atoms with Crippen molar-refractivity contribution < 1.29 is 4.74 Å². The smallest absolute Gasteiger partial charge is 0.138 e. The third kappa shape index (κ3) is 3.11. The predicted molar refractivity (Wildman–Crippen MR) is 83.0 cm³/mol. The van der Waals surface area contributed by atoms with E-state index in [1.54, 1.807) is 37.2 Å². The Morgan fingerprint density at radius 3 is 2.37 bits per heavy atom. The van der Waals surface area contributed by atoms with Gasteiger partial charge in [-0.25, -0.2) is 0 Å². The molecule has 2 rings (SSSR count). The van der Waals surface area contributed by atoms with E-state index in [0.717, 1.165) is 4.90 Å². The molecule has 0 saturated heterocycles. The van der Waals surface area contributed by atoms with Gasteiger partial charge < -0.3 is 4.74 Å². The molecule has 0 radical (unpaired) electrons. The first-order valence-corrected chi connectivity index (χ1v) is 7.65. The number of aromatic nitrogens is 1. The second kappa shape index (κ2) is 6.23. The van der Waals surface area contributed by atoms with Crippen molar-refractivity contribution in [1.82, 2.24) is 4.98 Å². The van der Waals surface area contributed by atoms with Crippen molar-refractivity contribution in [1.29, 1.82) is 0 Å². The molecule has 100 valence electrons. The molecule has 1 aromatic heterocycles. The Bertz CT molecular complexity index is 619. The Balaban J connectivity index is 2.58. The van der Waals surface area contributed by atoms with Crippen LogP contribution in [0, 0.1) is 0 Å². The zero-order valence-electron chi connectivity index (χ0n) is 10.2. The van der Waals surface area contributed by atoms with Crippen molar-refractivity contribution in [3.8, 4) is 17.0 Å². The van der Waals surface area contributed by atoms with Gasteiger partial charge in [0.2, 0.25) is 0 Å². The molecule has 0 spiro atoms. The van der Waals surface area contributed by atoms with Crippen LogP contribution in [0.4, 0.5) is 0 Å². The summed E-state index contributed by atoms with van der Waals surface area (Å²) in [5.41, 5.74) is 1.31.